The van der Waals surface area contributed by atoms with Crippen LogP contribution in [0, 0.1) is 0 Å². The van der Waals surface area contributed by atoms with Gasteiger partial charge in [0.25, 0.3) is 0 Å². The maximum absolute atomic E-state index is 12.6. The first-order valence-electron chi connectivity index (χ1n) is 17.3. The lowest BCUT2D eigenvalue weighted by Crippen LogP contribution is -2.36. The van der Waals surface area contributed by atoms with E-state index < -0.39 is 11.9 Å². The van der Waals surface area contributed by atoms with Gasteiger partial charge in [-0.3, -0.25) is 19.2 Å². The number of carbonyl (C=O) groups is 4. The maximum Gasteiger partial charge on any atom is 0.323 e. The minimum absolute atomic E-state index is 0.0686. The van der Waals surface area contributed by atoms with Crippen molar-refractivity contribution in [3.05, 3.63) is 0 Å². The van der Waals surface area contributed by atoms with Gasteiger partial charge in [0.05, 0.1) is 0 Å². The summed E-state index contributed by atoms with van der Waals surface area (Å²) in [6.07, 6.45) is 24.6. The SMILES string of the molecule is CCCCCCCCCCN(CC(=O)O)C(=O)CCCCCCCCC(=O)N(CCCCCCCCCC)CC(=O)O. The van der Waals surface area contributed by atoms with Crippen LogP contribution in [0.4, 0.5) is 0 Å². The number of carbonyl (C=O) groups excluding carboxylic acids is 2. The quantitative estimate of drug-likeness (QED) is 0.0779. The molecule has 0 aromatic heterocycles. The Hall–Kier alpha value is -2.12. The molecule has 0 saturated heterocycles. The van der Waals surface area contributed by atoms with Gasteiger partial charge in [-0.1, -0.05) is 129 Å². The Morgan fingerprint density at radius 2 is 0.667 bits per heavy atom. The zero-order chi connectivity index (χ0) is 31.3. The number of rotatable bonds is 31. The van der Waals surface area contributed by atoms with Crippen LogP contribution >= 0.6 is 0 Å². The highest BCUT2D eigenvalue weighted by Crippen LogP contribution is 2.14. The molecule has 0 aliphatic heterocycles. The van der Waals surface area contributed by atoms with Crippen molar-refractivity contribution in [1.82, 2.24) is 9.80 Å². The summed E-state index contributed by atoms with van der Waals surface area (Å²) in [4.78, 5) is 50.7. The summed E-state index contributed by atoms with van der Waals surface area (Å²) in [6.45, 7) is 5.01. The highest BCUT2D eigenvalue weighted by atomic mass is 16.4. The largest absolute Gasteiger partial charge is 0.480 e. The summed E-state index contributed by atoms with van der Waals surface area (Å²) in [5, 5.41) is 18.4. The lowest BCUT2D eigenvalue weighted by Gasteiger charge is -2.21. The summed E-state index contributed by atoms with van der Waals surface area (Å²) in [5.74, 6) is -2.06. The summed E-state index contributed by atoms with van der Waals surface area (Å²) in [5.41, 5.74) is 0. The van der Waals surface area contributed by atoms with Crippen molar-refractivity contribution < 1.29 is 29.4 Å². The van der Waals surface area contributed by atoms with Gasteiger partial charge in [0.2, 0.25) is 11.8 Å². The molecule has 0 aliphatic rings. The Morgan fingerprint density at radius 1 is 0.405 bits per heavy atom. The molecule has 0 aliphatic carbocycles. The standard InChI is InChI=1S/C34H64N2O6/c1-3-5-7-9-11-15-19-23-27-35(29-33(39)40)31(37)25-21-17-13-14-18-22-26-32(38)36(30-34(41)42)28-24-20-16-12-10-8-6-4-2/h3-30H2,1-2H3,(H,39,40)(H,41,42). The van der Waals surface area contributed by atoms with Gasteiger partial charge in [0.1, 0.15) is 13.1 Å². The Labute approximate surface area is 257 Å². The molecule has 0 atom stereocenters. The van der Waals surface area contributed by atoms with Crippen LogP contribution in [0.1, 0.15) is 168 Å². The Bertz CT molecular complexity index is 642. The lowest BCUT2D eigenvalue weighted by atomic mass is 10.1. The van der Waals surface area contributed by atoms with E-state index in [9.17, 15) is 29.4 Å². The first-order chi connectivity index (χ1) is 20.3. The minimum Gasteiger partial charge on any atom is -0.480 e. The van der Waals surface area contributed by atoms with E-state index in [0.29, 0.717) is 25.9 Å². The third-order valence-electron chi connectivity index (χ3n) is 7.95. The zero-order valence-electron chi connectivity index (χ0n) is 27.2. The van der Waals surface area contributed by atoms with Gasteiger partial charge >= 0.3 is 11.9 Å². The molecular formula is C34H64N2O6. The van der Waals surface area contributed by atoms with E-state index in [0.717, 1.165) is 77.0 Å². The van der Waals surface area contributed by atoms with Gasteiger partial charge in [-0.25, -0.2) is 0 Å². The van der Waals surface area contributed by atoms with Gasteiger partial charge in [-0.2, -0.15) is 0 Å². The number of aliphatic carboxylic acids is 2. The van der Waals surface area contributed by atoms with E-state index >= 15 is 0 Å². The normalized spacial score (nSPS) is 11.0. The molecule has 0 bridgehead atoms. The molecule has 0 heterocycles. The number of nitrogens with zero attached hydrogens (tertiary/aromatic N) is 2. The molecule has 246 valence electrons. The van der Waals surface area contributed by atoms with Crippen LogP contribution in [0.25, 0.3) is 0 Å². The monoisotopic (exact) mass is 596 g/mol. The van der Waals surface area contributed by atoms with Gasteiger partial charge in [0.15, 0.2) is 0 Å². The van der Waals surface area contributed by atoms with Crippen molar-refractivity contribution in [2.45, 2.75) is 168 Å². The molecule has 0 rings (SSSR count). The number of amides is 2. The van der Waals surface area contributed by atoms with Crippen LogP contribution in [-0.2, 0) is 19.2 Å². The van der Waals surface area contributed by atoms with Crippen LogP contribution in [0.15, 0.2) is 0 Å². The highest BCUT2D eigenvalue weighted by molar-refractivity contribution is 5.81. The average Bonchev–Trinajstić information content (AvgIpc) is 2.95. The second-order valence-corrected chi connectivity index (χ2v) is 12.0. The Kier molecular flexibility index (Phi) is 27.5. The number of carboxylic acid groups (broad SMARTS) is 2. The lowest BCUT2D eigenvalue weighted by molar-refractivity contribution is -0.144. The van der Waals surface area contributed by atoms with E-state index in [4.69, 9.17) is 0 Å². The summed E-state index contributed by atoms with van der Waals surface area (Å²) in [6, 6.07) is 0. The predicted octanol–water partition coefficient (Wildman–Crippen LogP) is 8.22. The van der Waals surface area contributed by atoms with E-state index in [2.05, 4.69) is 13.8 Å². The molecule has 42 heavy (non-hydrogen) atoms. The molecule has 8 heteroatoms. The summed E-state index contributed by atoms with van der Waals surface area (Å²) < 4.78 is 0. The van der Waals surface area contributed by atoms with Crippen molar-refractivity contribution in [3.8, 4) is 0 Å². The van der Waals surface area contributed by atoms with Gasteiger partial charge in [-0.05, 0) is 25.7 Å². The van der Waals surface area contributed by atoms with E-state index in [1.807, 2.05) is 0 Å². The molecule has 2 N–H and O–H groups in total. The molecule has 2 amide bonds. The fraction of sp³-hybridized carbons (Fsp3) is 0.882. The highest BCUT2D eigenvalue weighted by Gasteiger charge is 2.17. The summed E-state index contributed by atoms with van der Waals surface area (Å²) in [7, 11) is 0. The first-order valence-corrected chi connectivity index (χ1v) is 17.3. The molecule has 0 aromatic carbocycles. The zero-order valence-corrected chi connectivity index (χ0v) is 27.2. The minimum atomic E-state index is -0.961. The third-order valence-corrected chi connectivity index (χ3v) is 7.95. The number of unbranched alkanes of at least 4 members (excludes halogenated alkanes) is 19. The van der Waals surface area contributed by atoms with Gasteiger partial charge in [0, 0.05) is 25.9 Å². The molecule has 0 unspecified atom stereocenters. The topological polar surface area (TPSA) is 115 Å². The van der Waals surface area contributed by atoms with Gasteiger partial charge in [-0.15, -0.1) is 0 Å². The number of hydrogen-bond donors (Lipinski definition) is 2. The maximum atomic E-state index is 12.6. The van der Waals surface area contributed by atoms with Crippen molar-refractivity contribution in [3.63, 3.8) is 0 Å². The smallest absolute Gasteiger partial charge is 0.323 e. The molecule has 0 radical (unpaired) electrons. The van der Waals surface area contributed by atoms with Crippen LogP contribution in [0.5, 0.6) is 0 Å². The van der Waals surface area contributed by atoms with Crippen LogP contribution in [0.3, 0.4) is 0 Å². The number of hydrogen-bond acceptors (Lipinski definition) is 4. The molecule has 0 saturated carbocycles. The van der Waals surface area contributed by atoms with Crippen LogP contribution in [0.2, 0.25) is 0 Å². The van der Waals surface area contributed by atoms with Crippen molar-refractivity contribution in [2.24, 2.45) is 0 Å². The molecule has 0 aromatic rings. The molecule has 0 fully saturated rings. The number of carboxylic acids is 2. The molecule has 8 nitrogen and oxygen atoms in total. The van der Waals surface area contributed by atoms with E-state index in [-0.39, 0.29) is 24.9 Å². The Morgan fingerprint density at radius 3 is 0.952 bits per heavy atom. The fourth-order valence-corrected chi connectivity index (χ4v) is 5.36. The second kappa shape index (κ2) is 29.0. The van der Waals surface area contributed by atoms with Gasteiger partial charge < -0.3 is 20.0 Å². The predicted molar refractivity (Wildman–Crippen MR) is 171 cm³/mol. The van der Waals surface area contributed by atoms with Crippen LogP contribution < -0.4 is 0 Å². The van der Waals surface area contributed by atoms with Crippen molar-refractivity contribution >= 4 is 23.8 Å². The van der Waals surface area contributed by atoms with Crippen molar-refractivity contribution in [2.75, 3.05) is 26.2 Å². The summed E-state index contributed by atoms with van der Waals surface area (Å²) >= 11 is 0. The second-order valence-electron chi connectivity index (χ2n) is 12.0. The van der Waals surface area contributed by atoms with E-state index in [1.165, 1.54) is 74.0 Å². The average molecular weight is 597 g/mol. The Balaban J connectivity index is 4.06. The van der Waals surface area contributed by atoms with Crippen molar-refractivity contribution in [1.29, 1.82) is 0 Å². The molecular weight excluding hydrogens is 532 g/mol. The molecule has 0 spiro atoms. The van der Waals surface area contributed by atoms with E-state index in [1.54, 1.807) is 0 Å². The fourth-order valence-electron chi connectivity index (χ4n) is 5.36. The first kappa shape index (κ1) is 39.9. The third kappa shape index (κ3) is 25.6. The van der Waals surface area contributed by atoms with Crippen LogP contribution in [-0.4, -0.2) is 69.9 Å².